The minimum Gasteiger partial charge on any atom is -0.455 e. The molecule has 0 radical (unpaired) electrons. The molecular weight excluding hydrogens is 260 g/mol. The molecule has 0 bridgehead atoms. The van der Waals surface area contributed by atoms with Crippen molar-refractivity contribution in [2.75, 3.05) is 13.1 Å². The van der Waals surface area contributed by atoms with Crippen LogP contribution in [-0.2, 0) is 6.54 Å². The van der Waals surface area contributed by atoms with Gasteiger partial charge in [0.1, 0.15) is 11.5 Å². The molecule has 2 aromatic rings. The Labute approximate surface area is 126 Å². The van der Waals surface area contributed by atoms with E-state index >= 15 is 0 Å². The molecular formula is C18H22N2O. The number of pyridine rings is 1. The van der Waals surface area contributed by atoms with Crippen LogP contribution in [0.15, 0.2) is 48.8 Å². The minimum atomic E-state index is 0.787. The van der Waals surface area contributed by atoms with Gasteiger partial charge in [0.25, 0.3) is 0 Å². The van der Waals surface area contributed by atoms with Crippen LogP contribution in [0.1, 0.15) is 25.3 Å². The molecule has 0 aliphatic heterocycles. The Morgan fingerprint density at radius 3 is 2.76 bits per heavy atom. The zero-order chi connectivity index (χ0) is 14.5. The van der Waals surface area contributed by atoms with Gasteiger partial charge in [0, 0.05) is 24.8 Å². The Hall–Kier alpha value is -1.87. The van der Waals surface area contributed by atoms with Crippen LogP contribution in [0.4, 0.5) is 0 Å². The first kappa shape index (κ1) is 14.1. The van der Waals surface area contributed by atoms with Gasteiger partial charge in [-0.3, -0.25) is 9.88 Å². The van der Waals surface area contributed by atoms with Crippen molar-refractivity contribution in [3.05, 3.63) is 54.4 Å². The standard InChI is InChI=1S/C18H22N2O/c1-2-20(13-15-9-10-15)14-16-6-3-4-8-18(16)21-17-7-5-11-19-12-17/h3-8,11-12,15H,2,9-10,13-14H2,1H3. The Balaban J connectivity index is 1.72. The molecule has 1 aliphatic carbocycles. The van der Waals surface area contributed by atoms with Gasteiger partial charge in [-0.05, 0) is 43.5 Å². The molecule has 0 unspecified atom stereocenters. The van der Waals surface area contributed by atoms with Crippen LogP contribution in [0, 0.1) is 5.92 Å². The Morgan fingerprint density at radius 1 is 1.19 bits per heavy atom. The fourth-order valence-electron chi connectivity index (χ4n) is 2.48. The molecule has 1 aromatic carbocycles. The van der Waals surface area contributed by atoms with E-state index in [-0.39, 0.29) is 0 Å². The Kier molecular flexibility index (Phi) is 4.51. The highest BCUT2D eigenvalue weighted by molar-refractivity contribution is 5.37. The molecule has 1 fully saturated rings. The molecule has 1 saturated carbocycles. The van der Waals surface area contributed by atoms with E-state index in [2.05, 4.69) is 28.9 Å². The van der Waals surface area contributed by atoms with E-state index in [0.29, 0.717) is 0 Å². The molecule has 0 saturated heterocycles. The maximum Gasteiger partial charge on any atom is 0.145 e. The highest BCUT2D eigenvalue weighted by atomic mass is 16.5. The van der Waals surface area contributed by atoms with Crippen LogP contribution in [-0.4, -0.2) is 23.0 Å². The fraction of sp³-hybridized carbons (Fsp3) is 0.389. The second-order valence-electron chi connectivity index (χ2n) is 5.67. The van der Waals surface area contributed by atoms with Crippen molar-refractivity contribution < 1.29 is 4.74 Å². The number of benzene rings is 1. The molecule has 0 spiro atoms. The summed E-state index contributed by atoms with van der Waals surface area (Å²) in [4.78, 5) is 6.60. The summed E-state index contributed by atoms with van der Waals surface area (Å²) in [7, 11) is 0. The number of hydrogen-bond acceptors (Lipinski definition) is 3. The minimum absolute atomic E-state index is 0.787. The number of nitrogens with zero attached hydrogens (tertiary/aromatic N) is 2. The molecule has 110 valence electrons. The first-order valence-corrected chi connectivity index (χ1v) is 7.73. The topological polar surface area (TPSA) is 25.4 Å². The summed E-state index contributed by atoms with van der Waals surface area (Å²) < 4.78 is 5.99. The monoisotopic (exact) mass is 282 g/mol. The maximum absolute atomic E-state index is 5.99. The van der Waals surface area contributed by atoms with Crippen molar-refractivity contribution in [1.82, 2.24) is 9.88 Å². The van der Waals surface area contributed by atoms with E-state index in [0.717, 1.165) is 30.5 Å². The van der Waals surface area contributed by atoms with Gasteiger partial charge >= 0.3 is 0 Å². The third-order valence-corrected chi connectivity index (χ3v) is 3.89. The molecule has 0 N–H and O–H groups in total. The number of hydrogen-bond donors (Lipinski definition) is 0. The zero-order valence-electron chi connectivity index (χ0n) is 12.5. The Bertz CT molecular complexity index is 566. The normalized spacial score (nSPS) is 14.4. The molecule has 0 amide bonds. The van der Waals surface area contributed by atoms with Gasteiger partial charge in [0.15, 0.2) is 0 Å². The van der Waals surface area contributed by atoms with Gasteiger partial charge in [-0.15, -0.1) is 0 Å². The molecule has 1 aromatic heterocycles. The van der Waals surface area contributed by atoms with E-state index in [4.69, 9.17) is 4.74 Å². The SMILES string of the molecule is CCN(Cc1ccccc1Oc1cccnc1)CC1CC1. The van der Waals surface area contributed by atoms with Gasteiger partial charge in [-0.25, -0.2) is 0 Å². The molecule has 3 rings (SSSR count). The first-order chi connectivity index (χ1) is 10.3. The average Bonchev–Trinajstić information content (AvgIpc) is 3.33. The van der Waals surface area contributed by atoms with Crippen molar-refractivity contribution in [3.63, 3.8) is 0 Å². The molecule has 3 nitrogen and oxygen atoms in total. The van der Waals surface area contributed by atoms with E-state index in [9.17, 15) is 0 Å². The van der Waals surface area contributed by atoms with E-state index in [1.54, 1.807) is 12.4 Å². The lowest BCUT2D eigenvalue weighted by Gasteiger charge is -2.21. The van der Waals surface area contributed by atoms with Crippen LogP contribution < -0.4 is 4.74 Å². The molecule has 0 atom stereocenters. The zero-order valence-corrected chi connectivity index (χ0v) is 12.5. The van der Waals surface area contributed by atoms with Gasteiger partial charge in [0.05, 0.1) is 6.20 Å². The molecule has 1 aliphatic rings. The highest BCUT2D eigenvalue weighted by Crippen LogP contribution is 2.31. The van der Waals surface area contributed by atoms with Crippen molar-refractivity contribution in [1.29, 1.82) is 0 Å². The number of aromatic nitrogens is 1. The second kappa shape index (κ2) is 6.72. The summed E-state index contributed by atoms with van der Waals surface area (Å²) >= 11 is 0. The van der Waals surface area contributed by atoms with Crippen molar-refractivity contribution in [2.24, 2.45) is 5.92 Å². The smallest absolute Gasteiger partial charge is 0.145 e. The number of ether oxygens (including phenoxy) is 1. The summed E-state index contributed by atoms with van der Waals surface area (Å²) in [6.45, 7) is 5.46. The van der Waals surface area contributed by atoms with E-state index in [1.807, 2.05) is 24.3 Å². The van der Waals surface area contributed by atoms with E-state index < -0.39 is 0 Å². The summed E-state index contributed by atoms with van der Waals surface area (Å²) in [6, 6.07) is 12.1. The average molecular weight is 282 g/mol. The lowest BCUT2D eigenvalue weighted by molar-refractivity contribution is 0.265. The number of rotatable bonds is 7. The second-order valence-corrected chi connectivity index (χ2v) is 5.67. The third-order valence-electron chi connectivity index (χ3n) is 3.89. The molecule has 3 heteroatoms. The summed E-state index contributed by atoms with van der Waals surface area (Å²) in [5, 5.41) is 0. The quantitative estimate of drug-likeness (QED) is 0.764. The van der Waals surface area contributed by atoms with Crippen LogP contribution >= 0.6 is 0 Å². The number of para-hydroxylation sites is 1. The lowest BCUT2D eigenvalue weighted by Crippen LogP contribution is -2.25. The highest BCUT2D eigenvalue weighted by Gasteiger charge is 2.24. The summed E-state index contributed by atoms with van der Waals surface area (Å²) in [5.41, 5.74) is 1.24. The predicted octanol–water partition coefficient (Wildman–Crippen LogP) is 4.11. The van der Waals surface area contributed by atoms with Gasteiger partial charge < -0.3 is 4.74 Å². The summed E-state index contributed by atoms with van der Waals surface area (Å²) in [5.74, 6) is 2.63. The van der Waals surface area contributed by atoms with E-state index in [1.165, 1.54) is 24.9 Å². The van der Waals surface area contributed by atoms with Crippen molar-refractivity contribution in [2.45, 2.75) is 26.3 Å². The van der Waals surface area contributed by atoms with Crippen LogP contribution in [0.25, 0.3) is 0 Å². The van der Waals surface area contributed by atoms with Crippen molar-refractivity contribution in [3.8, 4) is 11.5 Å². The third kappa shape index (κ3) is 4.05. The molecule has 1 heterocycles. The Morgan fingerprint density at radius 2 is 2.05 bits per heavy atom. The van der Waals surface area contributed by atoms with Gasteiger partial charge in [-0.1, -0.05) is 25.1 Å². The van der Waals surface area contributed by atoms with Crippen LogP contribution in [0.5, 0.6) is 11.5 Å². The maximum atomic E-state index is 5.99. The fourth-order valence-corrected chi connectivity index (χ4v) is 2.48. The van der Waals surface area contributed by atoms with Crippen LogP contribution in [0.3, 0.4) is 0 Å². The largest absolute Gasteiger partial charge is 0.455 e. The summed E-state index contributed by atoms with van der Waals surface area (Å²) in [6.07, 6.45) is 6.29. The molecule has 21 heavy (non-hydrogen) atoms. The lowest BCUT2D eigenvalue weighted by atomic mass is 10.2. The first-order valence-electron chi connectivity index (χ1n) is 7.73. The van der Waals surface area contributed by atoms with Crippen molar-refractivity contribution >= 4 is 0 Å². The van der Waals surface area contributed by atoms with Gasteiger partial charge in [0.2, 0.25) is 0 Å². The van der Waals surface area contributed by atoms with Gasteiger partial charge in [-0.2, -0.15) is 0 Å². The predicted molar refractivity (Wildman–Crippen MR) is 84.4 cm³/mol. The van der Waals surface area contributed by atoms with Crippen LogP contribution in [0.2, 0.25) is 0 Å².